The number of nitrogens with zero attached hydrogens (tertiary/aromatic N) is 4. The molecule has 27 heavy (non-hydrogen) atoms. The summed E-state index contributed by atoms with van der Waals surface area (Å²) < 4.78 is 2.41. The Morgan fingerprint density at radius 2 is 2.11 bits per heavy atom. The van der Waals surface area contributed by atoms with Crippen molar-refractivity contribution in [2.75, 3.05) is 18.0 Å². The second-order valence-corrected chi connectivity index (χ2v) is 8.10. The van der Waals surface area contributed by atoms with Crippen molar-refractivity contribution < 1.29 is 4.79 Å². The highest BCUT2D eigenvalue weighted by atomic mass is 16.2. The summed E-state index contributed by atoms with van der Waals surface area (Å²) in [6.45, 7) is 5.22. The van der Waals surface area contributed by atoms with E-state index in [1.807, 2.05) is 17.2 Å². The normalized spacial score (nSPS) is 19.9. The summed E-state index contributed by atoms with van der Waals surface area (Å²) in [6.07, 6.45) is 10.6. The van der Waals surface area contributed by atoms with Crippen molar-refractivity contribution in [2.24, 2.45) is 0 Å². The highest BCUT2D eigenvalue weighted by Crippen LogP contribution is 2.44. The number of aryl methyl sites for hydroxylation is 1. The number of aromatic nitrogens is 3. The zero-order valence-corrected chi connectivity index (χ0v) is 16.0. The van der Waals surface area contributed by atoms with Gasteiger partial charge in [0.25, 0.3) is 0 Å². The predicted molar refractivity (Wildman–Crippen MR) is 104 cm³/mol. The van der Waals surface area contributed by atoms with Gasteiger partial charge in [0, 0.05) is 31.5 Å². The molecule has 0 saturated carbocycles. The lowest BCUT2D eigenvalue weighted by Gasteiger charge is -2.37. The van der Waals surface area contributed by atoms with Crippen LogP contribution in [0, 0.1) is 0 Å². The van der Waals surface area contributed by atoms with E-state index in [0.717, 1.165) is 62.4 Å². The maximum absolute atomic E-state index is 13.4. The van der Waals surface area contributed by atoms with Crippen LogP contribution >= 0.6 is 0 Å². The average Bonchev–Trinajstić information content (AvgIpc) is 3.13. The SMILES string of the molecule is CCCCn1c(CN2C(=O)C3(CNC3)c3ccncc32)nc2c1CCCC2. The van der Waals surface area contributed by atoms with E-state index in [9.17, 15) is 4.79 Å². The van der Waals surface area contributed by atoms with Crippen LogP contribution in [0.15, 0.2) is 18.5 Å². The second-order valence-electron chi connectivity index (χ2n) is 8.10. The molecule has 0 unspecified atom stereocenters. The lowest BCUT2D eigenvalue weighted by molar-refractivity contribution is -0.125. The molecule has 1 saturated heterocycles. The van der Waals surface area contributed by atoms with Crippen LogP contribution in [0.4, 0.5) is 5.69 Å². The van der Waals surface area contributed by atoms with Gasteiger partial charge in [-0.05, 0) is 43.7 Å². The van der Waals surface area contributed by atoms with Gasteiger partial charge in [0.15, 0.2) is 0 Å². The predicted octanol–water partition coefficient (Wildman–Crippen LogP) is 2.34. The maximum atomic E-state index is 13.4. The molecular weight excluding hydrogens is 338 g/mol. The Balaban J connectivity index is 1.52. The number of anilines is 1. The fourth-order valence-electron chi connectivity index (χ4n) is 4.86. The molecule has 5 rings (SSSR count). The van der Waals surface area contributed by atoms with E-state index >= 15 is 0 Å². The third kappa shape index (κ3) is 2.46. The summed E-state index contributed by atoms with van der Waals surface area (Å²) in [5.41, 5.74) is 4.36. The minimum absolute atomic E-state index is 0.201. The summed E-state index contributed by atoms with van der Waals surface area (Å²) in [4.78, 5) is 24.6. The number of fused-ring (bicyclic) bond motifs is 3. The minimum Gasteiger partial charge on any atom is -0.330 e. The van der Waals surface area contributed by atoms with Gasteiger partial charge in [0.2, 0.25) is 5.91 Å². The highest BCUT2D eigenvalue weighted by Gasteiger charge is 2.55. The number of imidazole rings is 1. The van der Waals surface area contributed by atoms with E-state index in [1.165, 1.54) is 24.2 Å². The number of unbranched alkanes of at least 4 members (excludes halogenated alkanes) is 1. The van der Waals surface area contributed by atoms with Gasteiger partial charge < -0.3 is 14.8 Å². The van der Waals surface area contributed by atoms with E-state index in [0.29, 0.717) is 6.54 Å². The first kappa shape index (κ1) is 16.9. The first-order valence-corrected chi connectivity index (χ1v) is 10.3. The van der Waals surface area contributed by atoms with Crippen LogP contribution in [0.5, 0.6) is 0 Å². The number of pyridine rings is 1. The maximum Gasteiger partial charge on any atom is 0.240 e. The third-order valence-electron chi connectivity index (χ3n) is 6.46. The quantitative estimate of drug-likeness (QED) is 0.883. The zero-order chi connectivity index (χ0) is 18.4. The fraction of sp³-hybridized carbons (Fsp3) is 0.571. The molecule has 1 fully saturated rings. The molecule has 142 valence electrons. The summed E-state index contributed by atoms with van der Waals surface area (Å²) in [6, 6.07) is 2.02. The minimum atomic E-state index is -0.390. The van der Waals surface area contributed by atoms with E-state index in [4.69, 9.17) is 4.98 Å². The van der Waals surface area contributed by atoms with Crippen LogP contribution in [0.3, 0.4) is 0 Å². The van der Waals surface area contributed by atoms with E-state index in [-0.39, 0.29) is 5.91 Å². The van der Waals surface area contributed by atoms with Gasteiger partial charge in [-0.25, -0.2) is 4.98 Å². The number of hydrogen-bond donors (Lipinski definition) is 1. The molecule has 1 amide bonds. The molecule has 0 radical (unpaired) electrons. The lowest BCUT2D eigenvalue weighted by Crippen LogP contribution is -2.61. The van der Waals surface area contributed by atoms with Gasteiger partial charge in [-0.15, -0.1) is 0 Å². The van der Waals surface area contributed by atoms with Crippen LogP contribution in [0.25, 0.3) is 0 Å². The standard InChI is InChI=1S/C21H27N5O/c1-2-3-10-25-17-7-5-4-6-16(17)24-19(25)12-26-18-11-22-9-8-15(18)21(20(26)27)13-23-14-21/h8-9,11,23H,2-7,10,12-14H2,1H3. The van der Waals surface area contributed by atoms with Crippen LogP contribution in [0.1, 0.15) is 55.4 Å². The summed E-state index contributed by atoms with van der Waals surface area (Å²) in [7, 11) is 0. The van der Waals surface area contributed by atoms with Gasteiger partial charge in [0.05, 0.1) is 24.1 Å². The zero-order valence-electron chi connectivity index (χ0n) is 16.0. The third-order valence-corrected chi connectivity index (χ3v) is 6.46. The first-order chi connectivity index (χ1) is 13.2. The number of carbonyl (C=O) groups excluding carboxylic acids is 1. The number of carbonyl (C=O) groups is 1. The Labute approximate surface area is 160 Å². The van der Waals surface area contributed by atoms with Crippen molar-refractivity contribution in [1.82, 2.24) is 19.9 Å². The average molecular weight is 365 g/mol. The molecule has 6 nitrogen and oxygen atoms in total. The largest absolute Gasteiger partial charge is 0.330 e. The van der Waals surface area contributed by atoms with Gasteiger partial charge in [-0.2, -0.15) is 0 Å². The lowest BCUT2D eigenvalue weighted by atomic mass is 9.77. The van der Waals surface area contributed by atoms with Crippen molar-refractivity contribution in [3.05, 3.63) is 41.2 Å². The fourth-order valence-corrected chi connectivity index (χ4v) is 4.86. The van der Waals surface area contributed by atoms with Gasteiger partial charge in [0.1, 0.15) is 11.2 Å². The second kappa shape index (κ2) is 6.44. The highest BCUT2D eigenvalue weighted by molar-refractivity contribution is 6.09. The van der Waals surface area contributed by atoms with E-state index in [1.54, 1.807) is 6.20 Å². The number of amides is 1. The van der Waals surface area contributed by atoms with Gasteiger partial charge in [-0.3, -0.25) is 9.78 Å². The molecule has 3 aliphatic rings. The Hall–Kier alpha value is -2.21. The van der Waals surface area contributed by atoms with Crippen LogP contribution < -0.4 is 10.2 Å². The molecule has 0 atom stereocenters. The molecule has 2 aliphatic heterocycles. The molecule has 1 aliphatic carbocycles. The van der Waals surface area contributed by atoms with Crippen LogP contribution in [-0.4, -0.2) is 33.5 Å². The molecule has 1 N–H and O–H groups in total. The Bertz CT molecular complexity index is 883. The molecule has 2 aromatic rings. The van der Waals surface area contributed by atoms with E-state index in [2.05, 4.69) is 21.8 Å². The first-order valence-electron chi connectivity index (χ1n) is 10.3. The summed E-state index contributed by atoms with van der Waals surface area (Å²) >= 11 is 0. The van der Waals surface area contributed by atoms with Crippen molar-refractivity contribution >= 4 is 11.6 Å². The molecule has 0 aromatic carbocycles. The molecular formula is C21H27N5O. The molecule has 2 aromatic heterocycles. The van der Waals surface area contributed by atoms with Crippen molar-refractivity contribution in [3.8, 4) is 0 Å². The van der Waals surface area contributed by atoms with Crippen molar-refractivity contribution in [1.29, 1.82) is 0 Å². The van der Waals surface area contributed by atoms with Crippen molar-refractivity contribution in [2.45, 2.75) is 64.0 Å². The Morgan fingerprint density at radius 1 is 1.26 bits per heavy atom. The monoisotopic (exact) mass is 365 g/mol. The van der Waals surface area contributed by atoms with Crippen molar-refractivity contribution in [3.63, 3.8) is 0 Å². The van der Waals surface area contributed by atoms with Crippen LogP contribution in [-0.2, 0) is 36.1 Å². The molecule has 4 heterocycles. The molecule has 0 bridgehead atoms. The Morgan fingerprint density at radius 3 is 2.89 bits per heavy atom. The topological polar surface area (TPSA) is 63.1 Å². The summed E-state index contributed by atoms with van der Waals surface area (Å²) in [5.74, 6) is 1.25. The number of rotatable bonds is 5. The molecule has 1 spiro atoms. The van der Waals surface area contributed by atoms with Crippen LogP contribution in [0.2, 0.25) is 0 Å². The van der Waals surface area contributed by atoms with Gasteiger partial charge >= 0.3 is 0 Å². The molecule has 6 heteroatoms. The smallest absolute Gasteiger partial charge is 0.240 e. The summed E-state index contributed by atoms with van der Waals surface area (Å²) in [5, 5.41) is 3.29. The van der Waals surface area contributed by atoms with E-state index < -0.39 is 5.41 Å². The Kier molecular flexibility index (Phi) is 4.04. The van der Waals surface area contributed by atoms with Gasteiger partial charge in [-0.1, -0.05) is 13.3 Å². The number of hydrogen-bond acceptors (Lipinski definition) is 4. The number of nitrogens with one attached hydrogen (secondary N) is 1.